The van der Waals surface area contributed by atoms with Crippen LogP contribution in [0, 0.1) is 0 Å². The summed E-state index contributed by atoms with van der Waals surface area (Å²) in [6.07, 6.45) is 0. The molecule has 2 aromatic rings. The highest BCUT2D eigenvalue weighted by Gasteiger charge is 2.10. The van der Waals surface area contributed by atoms with Crippen molar-refractivity contribution < 1.29 is 5.11 Å². The Balaban J connectivity index is 2.09. The van der Waals surface area contributed by atoms with Crippen LogP contribution in [0.3, 0.4) is 0 Å². The zero-order chi connectivity index (χ0) is 14.7. The van der Waals surface area contributed by atoms with Crippen LogP contribution in [0.4, 0.5) is 0 Å². The van der Waals surface area contributed by atoms with E-state index in [4.69, 9.17) is 34.8 Å². The molecule has 0 amide bonds. The second kappa shape index (κ2) is 6.68. The van der Waals surface area contributed by atoms with Crippen LogP contribution in [0.25, 0.3) is 0 Å². The van der Waals surface area contributed by atoms with Gasteiger partial charge in [0.25, 0.3) is 0 Å². The third-order valence-electron chi connectivity index (χ3n) is 3.05. The van der Waals surface area contributed by atoms with Crippen molar-refractivity contribution in [3.05, 3.63) is 62.6 Å². The molecule has 2 N–H and O–H groups in total. The highest BCUT2D eigenvalue weighted by molar-refractivity contribution is 6.35. The minimum Gasteiger partial charge on any atom is -0.506 e. The molecule has 2 nitrogen and oxygen atoms in total. The summed E-state index contributed by atoms with van der Waals surface area (Å²) in [7, 11) is 0. The van der Waals surface area contributed by atoms with Gasteiger partial charge in [-0.25, -0.2) is 0 Å². The maximum absolute atomic E-state index is 9.90. The van der Waals surface area contributed by atoms with Crippen LogP contribution < -0.4 is 5.32 Å². The molecule has 0 heterocycles. The quantitative estimate of drug-likeness (QED) is 0.807. The predicted octanol–water partition coefficient (Wildman–Crippen LogP) is 5.20. The number of rotatable bonds is 4. The number of nitrogens with one attached hydrogen (secondary N) is 1. The molecule has 0 fully saturated rings. The van der Waals surface area contributed by atoms with Gasteiger partial charge >= 0.3 is 0 Å². The molecule has 0 aliphatic heterocycles. The lowest BCUT2D eigenvalue weighted by molar-refractivity contribution is 0.460. The normalized spacial score (nSPS) is 12.4. The monoisotopic (exact) mass is 329 g/mol. The molecule has 0 bridgehead atoms. The van der Waals surface area contributed by atoms with E-state index in [1.54, 1.807) is 6.07 Å². The van der Waals surface area contributed by atoms with E-state index in [1.165, 1.54) is 6.07 Å². The SMILES string of the molecule is CC(NCc1cc(Cl)cc(Cl)c1O)c1cccc(Cl)c1. The average molecular weight is 331 g/mol. The van der Waals surface area contributed by atoms with Gasteiger partial charge in [0.05, 0.1) is 5.02 Å². The summed E-state index contributed by atoms with van der Waals surface area (Å²) in [5, 5.41) is 14.7. The van der Waals surface area contributed by atoms with E-state index in [1.807, 2.05) is 31.2 Å². The smallest absolute Gasteiger partial charge is 0.138 e. The summed E-state index contributed by atoms with van der Waals surface area (Å²) < 4.78 is 0. The van der Waals surface area contributed by atoms with Gasteiger partial charge in [0.1, 0.15) is 5.75 Å². The van der Waals surface area contributed by atoms with Crippen molar-refractivity contribution in [1.29, 1.82) is 0 Å². The van der Waals surface area contributed by atoms with Crippen molar-refractivity contribution in [3.63, 3.8) is 0 Å². The summed E-state index contributed by atoms with van der Waals surface area (Å²) >= 11 is 17.8. The van der Waals surface area contributed by atoms with E-state index in [2.05, 4.69) is 5.32 Å². The number of halogens is 3. The van der Waals surface area contributed by atoms with Gasteiger partial charge in [-0.2, -0.15) is 0 Å². The first-order valence-electron chi connectivity index (χ1n) is 6.13. The molecule has 0 aliphatic carbocycles. The third kappa shape index (κ3) is 3.80. The van der Waals surface area contributed by atoms with Gasteiger partial charge in [0.2, 0.25) is 0 Å². The predicted molar refractivity (Wildman–Crippen MR) is 84.8 cm³/mol. The summed E-state index contributed by atoms with van der Waals surface area (Å²) in [5.74, 6) is 0.0573. The molecule has 0 saturated heterocycles. The summed E-state index contributed by atoms with van der Waals surface area (Å²) in [4.78, 5) is 0. The Hall–Kier alpha value is -0.930. The van der Waals surface area contributed by atoms with Crippen molar-refractivity contribution in [3.8, 4) is 5.75 Å². The first kappa shape index (κ1) is 15.5. The third-order valence-corrected chi connectivity index (χ3v) is 3.80. The number of hydrogen-bond donors (Lipinski definition) is 2. The number of hydrogen-bond acceptors (Lipinski definition) is 2. The molecule has 0 aliphatic rings. The van der Waals surface area contributed by atoms with Gasteiger partial charge < -0.3 is 10.4 Å². The molecule has 2 aromatic carbocycles. The fourth-order valence-corrected chi connectivity index (χ4v) is 2.65. The largest absolute Gasteiger partial charge is 0.506 e. The van der Waals surface area contributed by atoms with Gasteiger partial charge in [-0.15, -0.1) is 0 Å². The molecule has 0 aromatic heterocycles. The Kier molecular flexibility index (Phi) is 5.17. The van der Waals surface area contributed by atoms with Gasteiger partial charge in [0, 0.05) is 28.2 Å². The number of benzene rings is 2. The maximum atomic E-state index is 9.90. The maximum Gasteiger partial charge on any atom is 0.138 e. The van der Waals surface area contributed by atoms with Crippen molar-refractivity contribution in [2.45, 2.75) is 19.5 Å². The molecule has 0 radical (unpaired) electrons. The van der Waals surface area contributed by atoms with Crippen LogP contribution in [0.2, 0.25) is 15.1 Å². The molecule has 1 atom stereocenters. The minimum absolute atomic E-state index is 0.0573. The minimum atomic E-state index is 0.0573. The standard InChI is InChI=1S/C15H14Cl3NO/c1-9(10-3-2-4-12(16)5-10)19-8-11-6-13(17)7-14(18)15(11)20/h2-7,9,19-20H,8H2,1H3. The van der Waals surface area contributed by atoms with Gasteiger partial charge in [-0.1, -0.05) is 46.9 Å². The second-order valence-electron chi connectivity index (χ2n) is 4.55. The van der Waals surface area contributed by atoms with Gasteiger partial charge in [-0.3, -0.25) is 0 Å². The number of aromatic hydroxyl groups is 1. The van der Waals surface area contributed by atoms with Gasteiger partial charge in [-0.05, 0) is 36.8 Å². The van der Waals surface area contributed by atoms with Crippen LogP contribution in [-0.4, -0.2) is 5.11 Å². The topological polar surface area (TPSA) is 32.3 Å². The highest BCUT2D eigenvalue weighted by Crippen LogP contribution is 2.31. The molecule has 2 rings (SSSR count). The zero-order valence-electron chi connectivity index (χ0n) is 10.8. The summed E-state index contributed by atoms with van der Waals surface area (Å²) in [6, 6.07) is 10.9. The molecule has 106 valence electrons. The fraction of sp³-hybridized carbons (Fsp3) is 0.200. The Labute approximate surface area is 133 Å². The summed E-state index contributed by atoms with van der Waals surface area (Å²) in [6.45, 7) is 2.48. The lowest BCUT2D eigenvalue weighted by Crippen LogP contribution is -2.18. The first-order valence-corrected chi connectivity index (χ1v) is 7.26. The van der Waals surface area contributed by atoms with E-state index in [9.17, 15) is 5.11 Å². The van der Waals surface area contributed by atoms with Crippen LogP contribution in [0.1, 0.15) is 24.1 Å². The summed E-state index contributed by atoms with van der Waals surface area (Å²) in [5.41, 5.74) is 1.74. The lowest BCUT2D eigenvalue weighted by atomic mass is 10.1. The van der Waals surface area contributed by atoms with Crippen molar-refractivity contribution >= 4 is 34.8 Å². The van der Waals surface area contributed by atoms with E-state index in [-0.39, 0.29) is 16.8 Å². The zero-order valence-corrected chi connectivity index (χ0v) is 13.1. The fourth-order valence-electron chi connectivity index (χ4n) is 1.91. The van der Waals surface area contributed by atoms with E-state index < -0.39 is 0 Å². The van der Waals surface area contributed by atoms with Crippen molar-refractivity contribution in [2.24, 2.45) is 0 Å². The molecular formula is C15H14Cl3NO. The molecule has 0 saturated carbocycles. The Bertz CT molecular complexity index is 616. The lowest BCUT2D eigenvalue weighted by Gasteiger charge is -2.15. The molecule has 20 heavy (non-hydrogen) atoms. The van der Waals surface area contributed by atoms with Gasteiger partial charge in [0.15, 0.2) is 0 Å². The molecular weight excluding hydrogens is 317 g/mol. The Morgan fingerprint density at radius 1 is 1.10 bits per heavy atom. The van der Waals surface area contributed by atoms with E-state index in [0.29, 0.717) is 22.2 Å². The molecule has 0 spiro atoms. The molecule has 5 heteroatoms. The van der Waals surface area contributed by atoms with E-state index in [0.717, 1.165) is 5.56 Å². The van der Waals surface area contributed by atoms with Crippen molar-refractivity contribution in [1.82, 2.24) is 5.32 Å². The van der Waals surface area contributed by atoms with Crippen LogP contribution >= 0.6 is 34.8 Å². The van der Waals surface area contributed by atoms with Crippen LogP contribution in [-0.2, 0) is 6.54 Å². The molecule has 1 unspecified atom stereocenters. The first-order chi connectivity index (χ1) is 9.47. The average Bonchev–Trinajstić information content (AvgIpc) is 2.40. The Morgan fingerprint density at radius 2 is 1.85 bits per heavy atom. The van der Waals surface area contributed by atoms with Crippen LogP contribution in [0.5, 0.6) is 5.75 Å². The number of phenolic OH excluding ortho intramolecular Hbond substituents is 1. The van der Waals surface area contributed by atoms with Crippen molar-refractivity contribution in [2.75, 3.05) is 0 Å². The second-order valence-corrected chi connectivity index (χ2v) is 5.83. The highest BCUT2D eigenvalue weighted by atomic mass is 35.5. The number of phenols is 1. The van der Waals surface area contributed by atoms with Crippen LogP contribution in [0.15, 0.2) is 36.4 Å². The van der Waals surface area contributed by atoms with E-state index >= 15 is 0 Å². The Morgan fingerprint density at radius 3 is 2.55 bits per heavy atom.